The fourth-order valence-electron chi connectivity index (χ4n) is 1.46. The van der Waals surface area contributed by atoms with Crippen LogP contribution in [0, 0.1) is 0 Å². The van der Waals surface area contributed by atoms with Gasteiger partial charge in [-0.25, -0.2) is 13.1 Å². The van der Waals surface area contributed by atoms with Gasteiger partial charge in [0.1, 0.15) is 4.90 Å². The first kappa shape index (κ1) is 18.0. The Balaban J connectivity index is 2.78. The number of rotatable bonds is 7. The lowest BCUT2D eigenvalue weighted by Gasteiger charge is -2.10. The van der Waals surface area contributed by atoms with E-state index in [2.05, 4.69) is 43.2 Å². The van der Waals surface area contributed by atoms with Crippen molar-refractivity contribution in [2.24, 2.45) is 0 Å². The molecule has 19 heavy (non-hydrogen) atoms. The van der Waals surface area contributed by atoms with Crippen molar-refractivity contribution in [3.05, 3.63) is 26.7 Å². The van der Waals surface area contributed by atoms with E-state index in [9.17, 15) is 8.42 Å². The number of benzene rings is 1. The molecule has 0 atom stereocenters. The zero-order valence-corrected chi connectivity index (χ0v) is 16.0. The molecule has 0 aliphatic carbocycles. The Labute approximate surface area is 145 Å². The summed E-state index contributed by atoms with van der Waals surface area (Å²) in [5, 5.41) is 0.221. The topological polar surface area (TPSA) is 46.2 Å². The number of alkyl halides is 1. The van der Waals surface area contributed by atoms with Crippen molar-refractivity contribution in [2.75, 3.05) is 11.0 Å². The lowest BCUT2D eigenvalue weighted by Crippen LogP contribution is -2.25. The third-order valence-electron chi connectivity index (χ3n) is 2.33. The number of halogens is 4. The lowest BCUT2D eigenvalue weighted by molar-refractivity contribution is 0.576. The van der Waals surface area contributed by atoms with Gasteiger partial charge >= 0.3 is 0 Å². The SMILES string of the molecule is O=S(=O)(NCCCCCI)c1c(Cl)cc(Br)cc1Cl. The predicted molar refractivity (Wildman–Crippen MR) is 92.1 cm³/mol. The van der Waals surface area contributed by atoms with Crippen LogP contribution in [0.2, 0.25) is 10.0 Å². The minimum Gasteiger partial charge on any atom is -0.211 e. The zero-order valence-electron chi connectivity index (χ0n) is 9.93. The van der Waals surface area contributed by atoms with Crippen LogP contribution >= 0.6 is 61.7 Å². The molecule has 0 amide bonds. The van der Waals surface area contributed by atoms with Gasteiger partial charge < -0.3 is 0 Å². The molecule has 0 aromatic heterocycles. The van der Waals surface area contributed by atoms with Crippen LogP contribution in [0.3, 0.4) is 0 Å². The van der Waals surface area contributed by atoms with E-state index in [4.69, 9.17) is 23.2 Å². The van der Waals surface area contributed by atoms with E-state index in [-0.39, 0.29) is 14.9 Å². The maximum absolute atomic E-state index is 12.1. The summed E-state index contributed by atoms with van der Waals surface area (Å²) in [4.78, 5) is -0.0621. The Kier molecular flexibility index (Phi) is 7.93. The molecule has 0 saturated carbocycles. The molecule has 108 valence electrons. The van der Waals surface area contributed by atoms with Gasteiger partial charge in [-0.3, -0.25) is 0 Å². The van der Waals surface area contributed by atoms with Crippen LogP contribution in [0.25, 0.3) is 0 Å². The van der Waals surface area contributed by atoms with Crippen LogP contribution in [0.1, 0.15) is 19.3 Å². The van der Waals surface area contributed by atoms with Crippen molar-refractivity contribution in [3.8, 4) is 0 Å². The largest absolute Gasteiger partial charge is 0.243 e. The highest BCUT2D eigenvalue weighted by Crippen LogP contribution is 2.32. The van der Waals surface area contributed by atoms with Crippen LogP contribution in [0.5, 0.6) is 0 Å². The molecule has 8 heteroatoms. The van der Waals surface area contributed by atoms with Gasteiger partial charge in [-0.2, -0.15) is 0 Å². The second-order valence-electron chi connectivity index (χ2n) is 3.85. The average Bonchev–Trinajstić information content (AvgIpc) is 2.26. The molecule has 0 aliphatic heterocycles. The predicted octanol–water partition coefficient (Wildman–Crippen LogP) is 4.64. The van der Waals surface area contributed by atoms with Crippen molar-refractivity contribution >= 4 is 71.7 Å². The molecule has 0 heterocycles. The number of hydrogen-bond acceptors (Lipinski definition) is 2. The molecule has 1 aromatic rings. The molecule has 1 aromatic carbocycles. The van der Waals surface area contributed by atoms with Gasteiger partial charge in [-0.1, -0.05) is 68.1 Å². The Hall–Kier alpha value is 0.920. The summed E-state index contributed by atoms with van der Waals surface area (Å²) in [6, 6.07) is 3.02. The second kappa shape index (κ2) is 8.38. The smallest absolute Gasteiger partial charge is 0.211 e. The molecule has 0 unspecified atom stereocenters. The normalized spacial score (nSPS) is 11.8. The van der Waals surface area contributed by atoms with E-state index in [0.717, 1.165) is 23.7 Å². The molecule has 3 nitrogen and oxygen atoms in total. The van der Waals surface area contributed by atoms with Crippen molar-refractivity contribution < 1.29 is 8.42 Å². The molecule has 0 spiro atoms. The summed E-state index contributed by atoms with van der Waals surface area (Å²) < 4.78 is 28.5. The summed E-state index contributed by atoms with van der Waals surface area (Å²) in [5.74, 6) is 0. The summed E-state index contributed by atoms with van der Waals surface area (Å²) in [7, 11) is -3.66. The molecular formula is C11H13BrCl2INO2S. The van der Waals surface area contributed by atoms with E-state index in [1.165, 1.54) is 12.1 Å². The van der Waals surface area contributed by atoms with E-state index in [1.807, 2.05) is 0 Å². The Morgan fingerprint density at radius 2 is 1.74 bits per heavy atom. The van der Waals surface area contributed by atoms with Gasteiger partial charge in [0.05, 0.1) is 10.0 Å². The van der Waals surface area contributed by atoms with Crippen LogP contribution in [-0.2, 0) is 10.0 Å². The van der Waals surface area contributed by atoms with E-state index >= 15 is 0 Å². The standard InChI is InChI=1S/C11H13BrCl2INO2S/c12-8-6-9(13)11(10(14)7-8)19(17,18)16-5-3-1-2-4-15/h6-7,16H,1-5H2. The fourth-order valence-corrected chi connectivity index (χ4v) is 5.01. The van der Waals surface area contributed by atoms with Crippen molar-refractivity contribution in [1.82, 2.24) is 4.72 Å². The summed E-state index contributed by atoms with van der Waals surface area (Å²) in [6.45, 7) is 0.391. The van der Waals surface area contributed by atoms with Crippen LogP contribution in [0.15, 0.2) is 21.5 Å². The molecule has 0 bridgehead atoms. The Morgan fingerprint density at radius 3 is 2.26 bits per heavy atom. The summed E-state index contributed by atoms with van der Waals surface area (Å²) in [5.41, 5.74) is 0. The monoisotopic (exact) mass is 499 g/mol. The first-order chi connectivity index (χ1) is 8.88. The van der Waals surface area contributed by atoms with Crippen molar-refractivity contribution in [3.63, 3.8) is 0 Å². The highest BCUT2D eigenvalue weighted by Gasteiger charge is 2.21. The number of unbranched alkanes of at least 4 members (excludes halogenated alkanes) is 2. The Morgan fingerprint density at radius 1 is 1.16 bits per heavy atom. The number of sulfonamides is 1. The maximum atomic E-state index is 12.1. The van der Waals surface area contributed by atoms with Crippen LogP contribution in [-0.4, -0.2) is 19.4 Å². The first-order valence-electron chi connectivity index (χ1n) is 5.58. The molecule has 0 radical (unpaired) electrons. The van der Waals surface area contributed by atoms with Crippen LogP contribution < -0.4 is 4.72 Å². The minimum atomic E-state index is -3.66. The molecule has 0 aliphatic rings. The van der Waals surface area contributed by atoms with Gasteiger partial charge in [0.25, 0.3) is 0 Å². The van der Waals surface area contributed by atoms with Gasteiger partial charge in [-0.05, 0) is 29.4 Å². The molecule has 1 N–H and O–H groups in total. The molecule has 0 saturated heterocycles. The zero-order chi connectivity index (χ0) is 14.5. The third-order valence-corrected chi connectivity index (χ3v) is 5.94. The third kappa shape index (κ3) is 5.67. The van der Waals surface area contributed by atoms with Gasteiger partial charge in [0.15, 0.2) is 0 Å². The van der Waals surface area contributed by atoms with Crippen molar-refractivity contribution in [1.29, 1.82) is 0 Å². The summed E-state index contributed by atoms with van der Waals surface area (Å²) >= 11 is 17.4. The maximum Gasteiger partial charge on any atom is 0.243 e. The van der Waals surface area contributed by atoms with Gasteiger partial charge in [0, 0.05) is 11.0 Å². The average molecular weight is 501 g/mol. The molecule has 1 rings (SSSR count). The summed E-state index contributed by atoms with van der Waals surface area (Å²) in [6.07, 6.45) is 2.88. The number of hydrogen-bond donors (Lipinski definition) is 1. The second-order valence-corrected chi connectivity index (χ2v) is 8.36. The van der Waals surface area contributed by atoms with E-state index < -0.39 is 10.0 Å². The van der Waals surface area contributed by atoms with E-state index in [0.29, 0.717) is 11.0 Å². The quantitative estimate of drug-likeness (QED) is 0.337. The highest BCUT2D eigenvalue weighted by molar-refractivity contribution is 14.1. The highest BCUT2D eigenvalue weighted by atomic mass is 127. The van der Waals surface area contributed by atoms with Crippen LogP contribution in [0.4, 0.5) is 0 Å². The lowest BCUT2D eigenvalue weighted by atomic mass is 10.3. The number of nitrogens with one attached hydrogen (secondary N) is 1. The van der Waals surface area contributed by atoms with Gasteiger partial charge in [-0.15, -0.1) is 0 Å². The fraction of sp³-hybridized carbons (Fsp3) is 0.455. The first-order valence-corrected chi connectivity index (χ1v) is 10.1. The van der Waals surface area contributed by atoms with E-state index in [1.54, 1.807) is 0 Å². The van der Waals surface area contributed by atoms with Crippen molar-refractivity contribution in [2.45, 2.75) is 24.2 Å². The Bertz CT molecular complexity index is 516. The van der Waals surface area contributed by atoms with Gasteiger partial charge in [0.2, 0.25) is 10.0 Å². The molecular weight excluding hydrogens is 488 g/mol. The molecule has 0 fully saturated rings. The minimum absolute atomic E-state index is 0.0621.